The normalized spacial score (nSPS) is 12.4. The highest BCUT2D eigenvalue weighted by Gasteiger charge is 2.14. The van der Waals surface area contributed by atoms with E-state index in [1.54, 1.807) is 0 Å². The summed E-state index contributed by atoms with van der Waals surface area (Å²) in [5, 5.41) is 3.44. The van der Waals surface area contributed by atoms with Crippen molar-refractivity contribution in [1.82, 2.24) is 5.32 Å². The first-order valence-corrected chi connectivity index (χ1v) is 7.39. The third-order valence-electron chi connectivity index (χ3n) is 3.75. The fourth-order valence-corrected chi connectivity index (χ4v) is 2.85. The highest BCUT2D eigenvalue weighted by atomic mass is 79.9. The molecule has 19 heavy (non-hydrogen) atoms. The number of halogens is 1. The van der Waals surface area contributed by atoms with E-state index in [9.17, 15) is 0 Å². The van der Waals surface area contributed by atoms with Crippen LogP contribution in [-0.4, -0.2) is 7.05 Å². The van der Waals surface area contributed by atoms with E-state index < -0.39 is 0 Å². The standard InChI is InChI=1S/C17H20BrN/c1-12-7-6-9-15(13(12)2)17(19-3)11-14-8-4-5-10-16(14)18/h4-10,17,19H,11H2,1-3H3. The van der Waals surface area contributed by atoms with E-state index in [1.165, 1.54) is 26.7 Å². The van der Waals surface area contributed by atoms with Crippen LogP contribution in [0.4, 0.5) is 0 Å². The molecule has 0 fully saturated rings. The molecule has 0 aliphatic carbocycles. The van der Waals surface area contributed by atoms with Crippen LogP contribution in [0.5, 0.6) is 0 Å². The van der Waals surface area contributed by atoms with Gasteiger partial charge in [0.15, 0.2) is 0 Å². The second kappa shape index (κ2) is 6.36. The highest BCUT2D eigenvalue weighted by molar-refractivity contribution is 9.10. The summed E-state index contributed by atoms with van der Waals surface area (Å²) in [6.45, 7) is 4.37. The van der Waals surface area contributed by atoms with E-state index in [1.807, 2.05) is 7.05 Å². The number of likely N-dealkylation sites (N-methyl/N-ethyl adjacent to an activating group) is 1. The average Bonchev–Trinajstić information content (AvgIpc) is 2.41. The molecule has 2 heteroatoms. The SMILES string of the molecule is CNC(Cc1ccccc1Br)c1cccc(C)c1C. The van der Waals surface area contributed by atoms with E-state index in [0.29, 0.717) is 6.04 Å². The molecule has 2 rings (SSSR count). The Balaban J connectivity index is 2.31. The Bertz CT molecular complexity index is 563. The topological polar surface area (TPSA) is 12.0 Å². The minimum atomic E-state index is 0.346. The minimum Gasteiger partial charge on any atom is -0.313 e. The van der Waals surface area contributed by atoms with Crippen LogP contribution in [0, 0.1) is 13.8 Å². The summed E-state index contributed by atoms with van der Waals surface area (Å²) in [7, 11) is 2.03. The van der Waals surface area contributed by atoms with Gasteiger partial charge in [0.05, 0.1) is 0 Å². The van der Waals surface area contributed by atoms with Gasteiger partial charge in [-0.3, -0.25) is 0 Å². The molecule has 100 valence electrons. The van der Waals surface area contributed by atoms with Crippen LogP contribution in [0.2, 0.25) is 0 Å². The number of nitrogens with one attached hydrogen (secondary N) is 1. The predicted molar refractivity (Wildman–Crippen MR) is 85.6 cm³/mol. The zero-order valence-electron chi connectivity index (χ0n) is 11.7. The van der Waals surface area contributed by atoms with Gasteiger partial charge in [-0.1, -0.05) is 52.3 Å². The molecule has 0 spiro atoms. The van der Waals surface area contributed by atoms with Crippen molar-refractivity contribution in [3.63, 3.8) is 0 Å². The summed E-state index contributed by atoms with van der Waals surface area (Å²) in [4.78, 5) is 0. The summed E-state index contributed by atoms with van der Waals surface area (Å²) in [5.74, 6) is 0. The second-order valence-electron chi connectivity index (χ2n) is 4.93. The van der Waals surface area contributed by atoms with Crippen molar-refractivity contribution in [2.24, 2.45) is 0 Å². The number of hydrogen-bond donors (Lipinski definition) is 1. The molecule has 2 aromatic carbocycles. The highest BCUT2D eigenvalue weighted by Crippen LogP contribution is 2.26. The molecule has 2 aromatic rings. The van der Waals surface area contributed by atoms with Crippen LogP contribution in [0.3, 0.4) is 0 Å². The van der Waals surface area contributed by atoms with Crippen LogP contribution in [0.25, 0.3) is 0 Å². The molecule has 0 aromatic heterocycles. The van der Waals surface area contributed by atoms with Gasteiger partial charge >= 0.3 is 0 Å². The Kier molecular flexibility index (Phi) is 4.78. The van der Waals surface area contributed by atoms with Crippen LogP contribution in [0.1, 0.15) is 28.3 Å². The molecule has 0 heterocycles. The Hall–Kier alpha value is -1.12. The molecule has 0 aliphatic heterocycles. The molecule has 0 radical (unpaired) electrons. The third kappa shape index (κ3) is 3.26. The van der Waals surface area contributed by atoms with E-state index in [2.05, 4.69) is 77.6 Å². The lowest BCUT2D eigenvalue weighted by atomic mass is 9.93. The van der Waals surface area contributed by atoms with Gasteiger partial charge in [-0.05, 0) is 55.6 Å². The van der Waals surface area contributed by atoms with Crippen molar-refractivity contribution in [3.05, 3.63) is 69.2 Å². The van der Waals surface area contributed by atoms with E-state index in [-0.39, 0.29) is 0 Å². The Morgan fingerprint density at radius 2 is 1.79 bits per heavy atom. The number of rotatable bonds is 4. The summed E-state index contributed by atoms with van der Waals surface area (Å²) in [6, 6.07) is 15.3. The van der Waals surface area contributed by atoms with Gasteiger partial charge in [0.25, 0.3) is 0 Å². The first kappa shape index (κ1) is 14.3. The Labute approximate surface area is 124 Å². The van der Waals surface area contributed by atoms with Crippen molar-refractivity contribution in [2.45, 2.75) is 26.3 Å². The lowest BCUT2D eigenvalue weighted by Gasteiger charge is -2.20. The average molecular weight is 318 g/mol. The van der Waals surface area contributed by atoms with Gasteiger partial charge in [0, 0.05) is 10.5 Å². The van der Waals surface area contributed by atoms with Crippen LogP contribution in [-0.2, 0) is 6.42 Å². The Morgan fingerprint density at radius 1 is 1.05 bits per heavy atom. The van der Waals surface area contributed by atoms with Gasteiger partial charge in [-0.2, -0.15) is 0 Å². The maximum absolute atomic E-state index is 3.63. The summed E-state index contributed by atoms with van der Waals surface area (Å²) in [6.07, 6.45) is 0.988. The first-order chi connectivity index (χ1) is 9.13. The van der Waals surface area contributed by atoms with Crippen molar-refractivity contribution in [2.75, 3.05) is 7.05 Å². The summed E-state index contributed by atoms with van der Waals surface area (Å²) >= 11 is 3.63. The number of aryl methyl sites for hydroxylation is 1. The van der Waals surface area contributed by atoms with Gasteiger partial charge in [0.2, 0.25) is 0 Å². The molecule has 1 nitrogen and oxygen atoms in total. The molecule has 0 bridgehead atoms. The molecule has 1 unspecified atom stereocenters. The quantitative estimate of drug-likeness (QED) is 0.871. The third-order valence-corrected chi connectivity index (χ3v) is 4.53. The minimum absolute atomic E-state index is 0.346. The van der Waals surface area contributed by atoms with Crippen molar-refractivity contribution >= 4 is 15.9 Å². The summed E-state index contributed by atoms with van der Waals surface area (Å²) < 4.78 is 1.18. The fraction of sp³-hybridized carbons (Fsp3) is 0.294. The van der Waals surface area contributed by atoms with Gasteiger partial charge < -0.3 is 5.32 Å². The maximum Gasteiger partial charge on any atom is 0.0361 e. The van der Waals surface area contributed by atoms with E-state index in [4.69, 9.17) is 0 Å². The lowest BCUT2D eigenvalue weighted by molar-refractivity contribution is 0.587. The molecule has 0 saturated heterocycles. The van der Waals surface area contributed by atoms with Crippen LogP contribution < -0.4 is 5.32 Å². The number of benzene rings is 2. The zero-order chi connectivity index (χ0) is 13.8. The predicted octanol–water partition coefficient (Wildman–Crippen LogP) is 4.57. The van der Waals surface area contributed by atoms with Crippen molar-refractivity contribution < 1.29 is 0 Å². The number of hydrogen-bond acceptors (Lipinski definition) is 1. The molecule has 0 saturated carbocycles. The van der Waals surface area contributed by atoms with Gasteiger partial charge in [-0.15, -0.1) is 0 Å². The van der Waals surface area contributed by atoms with Crippen molar-refractivity contribution in [3.8, 4) is 0 Å². The fourth-order valence-electron chi connectivity index (χ4n) is 2.40. The molecular weight excluding hydrogens is 298 g/mol. The first-order valence-electron chi connectivity index (χ1n) is 6.60. The molecule has 1 N–H and O–H groups in total. The lowest BCUT2D eigenvalue weighted by Crippen LogP contribution is -2.20. The monoisotopic (exact) mass is 317 g/mol. The molecule has 0 aliphatic rings. The zero-order valence-corrected chi connectivity index (χ0v) is 13.3. The molecule has 0 amide bonds. The van der Waals surface area contributed by atoms with E-state index in [0.717, 1.165) is 6.42 Å². The summed E-state index contributed by atoms with van der Waals surface area (Å²) in [5.41, 5.74) is 5.46. The van der Waals surface area contributed by atoms with Crippen molar-refractivity contribution in [1.29, 1.82) is 0 Å². The molecular formula is C17H20BrN. The van der Waals surface area contributed by atoms with E-state index >= 15 is 0 Å². The Morgan fingerprint density at radius 3 is 2.47 bits per heavy atom. The van der Waals surface area contributed by atoms with Crippen LogP contribution >= 0.6 is 15.9 Å². The van der Waals surface area contributed by atoms with Crippen LogP contribution in [0.15, 0.2) is 46.9 Å². The maximum atomic E-state index is 3.63. The second-order valence-corrected chi connectivity index (χ2v) is 5.78. The smallest absolute Gasteiger partial charge is 0.0361 e. The molecule has 1 atom stereocenters. The largest absolute Gasteiger partial charge is 0.313 e. The van der Waals surface area contributed by atoms with Gasteiger partial charge in [0.1, 0.15) is 0 Å². The van der Waals surface area contributed by atoms with Gasteiger partial charge in [-0.25, -0.2) is 0 Å².